The lowest BCUT2D eigenvalue weighted by atomic mass is 9.65. The second-order valence-electron chi connectivity index (χ2n) is 5.87. The Hall–Kier alpha value is -1.02. The average Bonchev–Trinajstić information content (AvgIpc) is 2.65. The van der Waals surface area contributed by atoms with Crippen molar-refractivity contribution in [3.05, 3.63) is 29.3 Å². The molecule has 0 atom stereocenters. The van der Waals surface area contributed by atoms with E-state index in [-0.39, 0.29) is 0 Å². The molecule has 2 N–H and O–H groups in total. The van der Waals surface area contributed by atoms with Gasteiger partial charge in [-0.05, 0) is 54.8 Å². The number of likely N-dealkylation sites (N-methyl/N-ethyl adjacent to an activating group) is 1. The Balaban J connectivity index is 1.81. The van der Waals surface area contributed by atoms with Gasteiger partial charge >= 0.3 is 0 Å². The molecule has 1 aromatic carbocycles. The first-order valence-corrected chi connectivity index (χ1v) is 6.75. The van der Waals surface area contributed by atoms with Gasteiger partial charge in [0.15, 0.2) is 0 Å². The molecule has 0 amide bonds. The summed E-state index contributed by atoms with van der Waals surface area (Å²) in [6, 6.07) is 7.01. The van der Waals surface area contributed by atoms with Crippen LogP contribution >= 0.6 is 0 Å². The van der Waals surface area contributed by atoms with Crippen LogP contribution in [-0.4, -0.2) is 20.1 Å². The predicted molar refractivity (Wildman–Crippen MR) is 72.5 cm³/mol. The summed E-state index contributed by atoms with van der Waals surface area (Å²) in [5.74, 6) is 0. The summed E-state index contributed by atoms with van der Waals surface area (Å²) < 4.78 is 0. The first-order chi connectivity index (χ1) is 8.22. The minimum atomic E-state index is 0.429. The van der Waals surface area contributed by atoms with Crippen LogP contribution < -0.4 is 10.6 Å². The molecular weight excluding hydrogens is 208 g/mol. The van der Waals surface area contributed by atoms with E-state index in [0.29, 0.717) is 5.41 Å². The van der Waals surface area contributed by atoms with Gasteiger partial charge in [-0.25, -0.2) is 0 Å². The third-order valence-corrected chi connectivity index (χ3v) is 4.70. The van der Waals surface area contributed by atoms with Crippen LogP contribution in [0.2, 0.25) is 0 Å². The standard InChI is InChI=1S/C15H22N2/c1-17-8-5-13-9-12(3-4-14(13)17)10-15(11-16)6-2-7-15/h3-4,9H,2,5-8,10-11,16H2,1H3. The van der Waals surface area contributed by atoms with Crippen molar-refractivity contribution < 1.29 is 0 Å². The van der Waals surface area contributed by atoms with Gasteiger partial charge in [-0.3, -0.25) is 0 Å². The van der Waals surface area contributed by atoms with Gasteiger partial charge in [0.2, 0.25) is 0 Å². The normalized spacial score (nSPS) is 21.2. The molecule has 2 aliphatic rings. The van der Waals surface area contributed by atoms with Crippen LogP contribution in [0.4, 0.5) is 5.69 Å². The Kier molecular flexibility index (Phi) is 2.62. The Bertz CT molecular complexity index is 415. The quantitative estimate of drug-likeness (QED) is 0.863. The molecule has 1 aliphatic carbocycles. The summed E-state index contributed by atoms with van der Waals surface area (Å²) in [5, 5.41) is 0. The van der Waals surface area contributed by atoms with Crippen LogP contribution in [0.1, 0.15) is 30.4 Å². The molecule has 0 spiro atoms. The Labute approximate surface area is 104 Å². The Morgan fingerprint density at radius 1 is 1.35 bits per heavy atom. The third kappa shape index (κ3) is 1.85. The van der Waals surface area contributed by atoms with Crippen molar-refractivity contribution in [2.24, 2.45) is 11.1 Å². The number of nitrogens with zero attached hydrogens (tertiary/aromatic N) is 1. The Morgan fingerprint density at radius 2 is 2.18 bits per heavy atom. The van der Waals surface area contributed by atoms with E-state index in [1.54, 1.807) is 0 Å². The van der Waals surface area contributed by atoms with Gasteiger partial charge < -0.3 is 10.6 Å². The zero-order valence-electron chi connectivity index (χ0n) is 10.7. The largest absolute Gasteiger partial charge is 0.374 e. The predicted octanol–water partition coefficient (Wildman–Crippen LogP) is 2.35. The number of benzene rings is 1. The summed E-state index contributed by atoms with van der Waals surface area (Å²) in [7, 11) is 2.18. The molecule has 2 heteroatoms. The number of fused-ring (bicyclic) bond motifs is 1. The topological polar surface area (TPSA) is 29.3 Å². The number of hydrogen-bond acceptors (Lipinski definition) is 2. The summed E-state index contributed by atoms with van der Waals surface area (Å²) in [6.45, 7) is 2.02. The molecule has 3 rings (SSSR count). The first-order valence-electron chi connectivity index (χ1n) is 6.75. The van der Waals surface area contributed by atoms with Crippen LogP contribution in [0.25, 0.3) is 0 Å². The van der Waals surface area contributed by atoms with Gasteiger partial charge in [0.25, 0.3) is 0 Å². The fraction of sp³-hybridized carbons (Fsp3) is 0.600. The molecule has 1 fully saturated rings. The molecule has 17 heavy (non-hydrogen) atoms. The minimum absolute atomic E-state index is 0.429. The van der Waals surface area contributed by atoms with Crippen molar-refractivity contribution in [2.75, 3.05) is 25.0 Å². The molecule has 1 heterocycles. The monoisotopic (exact) mass is 230 g/mol. The SMILES string of the molecule is CN1CCc2cc(CC3(CN)CCC3)ccc21. The van der Waals surface area contributed by atoms with E-state index in [1.165, 1.54) is 55.5 Å². The molecular formula is C15H22N2. The fourth-order valence-corrected chi connectivity index (χ4v) is 3.29. The highest BCUT2D eigenvalue weighted by Crippen LogP contribution is 2.43. The summed E-state index contributed by atoms with van der Waals surface area (Å²) in [4.78, 5) is 2.35. The van der Waals surface area contributed by atoms with Crippen molar-refractivity contribution >= 4 is 5.69 Å². The molecule has 0 aromatic heterocycles. The maximum absolute atomic E-state index is 5.94. The van der Waals surface area contributed by atoms with Crippen LogP contribution in [0.5, 0.6) is 0 Å². The van der Waals surface area contributed by atoms with E-state index in [0.717, 1.165) is 6.54 Å². The molecule has 1 aliphatic heterocycles. The van der Waals surface area contributed by atoms with Crippen LogP contribution in [0.3, 0.4) is 0 Å². The first kappa shape index (κ1) is 11.1. The number of anilines is 1. The molecule has 0 unspecified atom stereocenters. The van der Waals surface area contributed by atoms with E-state index in [2.05, 4.69) is 30.1 Å². The van der Waals surface area contributed by atoms with Gasteiger partial charge in [0.05, 0.1) is 0 Å². The van der Waals surface area contributed by atoms with E-state index >= 15 is 0 Å². The van der Waals surface area contributed by atoms with Crippen LogP contribution in [0.15, 0.2) is 18.2 Å². The maximum Gasteiger partial charge on any atom is 0.0397 e. The smallest absolute Gasteiger partial charge is 0.0397 e. The Morgan fingerprint density at radius 3 is 2.82 bits per heavy atom. The van der Waals surface area contributed by atoms with Crippen LogP contribution in [-0.2, 0) is 12.8 Å². The summed E-state index contributed by atoms with van der Waals surface area (Å²) >= 11 is 0. The summed E-state index contributed by atoms with van der Waals surface area (Å²) in [5.41, 5.74) is 10.8. The zero-order chi connectivity index (χ0) is 11.9. The van der Waals surface area contributed by atoms with Crippen molar-refractivity contribution in [3.8, 4) is 0 Å². The van der Waals surface area contributed by atoms with Gasteiger partial charge in [0, 0.05) is 19.3 Å². The maximum atomic E-state index is 5.94. The van der Waals surface area contributed by atoms with E-state index < -0.39 is 0 Å². The van der Waals surface area contributed by atoms with Crippen molar-refractivity contribution in [1.29, 1.82) is 0 Å². The van der Waals surface area contributed by atoms with Gasteiger partial charge in [-0.1, -0.05) is 18.6 Å². The average molecular weight is 230 g/mol. The van der Waals surface area contributed by atoms with Crippen molar-refractivity contribution in [1.82, 2.24) is 0 Å². The number of rotatable bonds is 3. The second kappa shape index (κ2) is 4.02. The lowest BCUT2D eigenvalue weighted by Crippen LogP contribution is -2.39. The minimum Gasteiger partial charge on any atom is -0.374 e. The second-order valence-corrected chi connectivity index (χ2v) is 5.87. The number of nitrogens with two attached hydrogens (primary N) is 1. The van der Waals surface area contributed by atoms with Crippen molar-refractivity contribution in [3.63, 3.8) is 0 Å². The highest BCUT2D eigenvalue weighted by atomic mass is 15.1. The van der Waals surface area contributed by atoms with E-state index in [4.69, 9.17) is 5.73 Å². The molecule has 0 bridgehead atoms. The number of hydrogen-bond donors (Lipinski definition) is 1. The van der Waals surface area contributed by atoms with Gasteiger partial charge in [-0.2, -0.15) is 0 Å². The lowest BCUT2D eigenvalue weighted by molar-refractivity contribution is 0.145. The van der Waals surface area contributed by atoms with E-state index in [9.17, 15) is 0 Å². The molecule has 1 saturated carbocycles. The third-order valence-electron chi connectivity index (χ3n) is 4.70. The molecule has 0 saturated heterocycles. The van der Waals surface area contributed by atoms with E-state index in [1.807, 2.05) is 0 Å². The van der Waals surface area contributed by atoms with Crippen LogP contribution in [0, 0.1) is 5.41 Å². The molecule has 92 valence electrons. The fourth-order valence-electron chi connectivity index (χ4n) is 3.29. The van der Waals surface area contributed by atoms with Gasteiger partial charge in [-0.15, -0.1) is 0 Å². The molecule has 0 radical (unpaired) electrons. The summed E-state index contributed by atoms with van der Waals surface area (Å²) in [6.07, 6.45) is 6.39. The lowest BCUT2D eigenvalue weighted by Gasteiger charge is -2.41. The zero-order valence-corrected chi connectivity index (χ0v) is 10.7. The van der Waals surface area contributed by atoms with Gasteiger partial charge in [0.1, 0.15) is 0 Å². The molecule has 1 aromatic rings. The van der Waals surface area contributed by atoms with Crippen molar-refractivity contribution in [2.45, 2.75) is 32.1 Å². The molecule has 2 nitrogen and oxygen atoms in total. The highest BCUT2D eigenvalue weighted by Gasteiger charge is 2.35. The highest BCUT2D eigenvalue weighted by molar-refractivity contribution is 5.58.